The number of benzene rings is 2. The van der Waals surface area contributed by atoms with Crippen molar-refractivity contribution in [3.63, 3.8) is 0 Å². The van der Waals surface area contributed by atoms with Crippen LogP contribution in [-0.4, -0.2) is 31.3 Å². The molecule has 0 amide bonds. The zero-order valence-corrected chi connectivity index (χ0v) is 13.7. The van der Waals surface area contributed by atoms with Gasteiger partial charge in [0, 0.05) is 11.3 Å². The molecular formula is C18H17NO6. The highest BCUT2D eigenvalue weighted by Gasteiger charge is 2.35. The number of rotatable bonds is 6. The van der Waals surface area contributed by atoms with Crippen LogP contribution in [-0.2, 0) is 16.0 Å². The molecule has 0 bridgehead atoms. The van der Waals surface area contributed by atoms with E-state index in [0.29, 0.717) is 33.9 Å². The van der Waals surface area contributed by atoms with Crippen LogP contribution in [0, 0.1) is 0 Å². The van der Waals surface area contributed by atoms with E-state index in [4.69, 9.17) is 19.3 Å². The summed E-state index contributed by atoms with van der Waals surface area (Å²) in [5.41, 5.74) is 2.38. The fraction of sp³-hybridized carbons (Fsp3) is 0.222. The van der Waals surface area contributed by atoms with Gasteiger partial charge in [0.15, 0.2) is 11.5 Å². The van der Waals surface area contributed by atoms with Gasteiger partial charge in [0.25, 0.3) is 0 Å². The van der Waals surface area contributed by atoms with Crippen molar-refractivity contribution in [3.05, 3.63) is 53.1 Å². The Balaban J connectivity index is 1.85. The Morgan fingerprint density at radius 2 is 1.88 bits per heavy atom. The number of carbonyl (C=O) groups excluding carboxylic acids is 1. The molecule has 0 saturated heterocycles. The van der Waals surface area contributed by atoms with E-state index in [1.165, 1.54) is 14.2 Å². The van der Waals surface area contributed by atoms with E-state index in [1.807, 2.05) is 0 Å². The van der Waals surface area contributed by atoms with Gasteiger partial charge in [-0.2, -0.15) is 0 Å². The highest BCUT2D eigenvalue weighted by Crippen LogP contribution is 2.42. The van der Waals surface area contributed by atoms with E-state index in [1.54, 1.807) is 36.4 Å². The molecule has 1 atom stereocenters. The second-order valence-electron chi connectivity index (χ2n) is 5.46. The number of ether oxygens (including phenoxy) is 3. The zero-order valence-electron chi connectivity index (χ0n) is 13.7. The number of carboxylic acids is 1. The molecule has 0 radical (unpaired) electrons. The van der Waals surface area contributed by atoms with Crippen LogP contribution < -0.4 is 14.8 Å². The van der Waals surface area contributed by atoms with Crippen molar-refractivity contribution in [2.75, 3.05) is 19.5 Å². The largest absolute Gasteiger partial charge is 0.493 e. The first-order valence-corrected chi connectivity index (χ1v) is 7.56. The van der Waals surface area contributed by atoms with Crippen molar-refractivity contribution in [1.82, 2.24) is 0 Å². The summed E-state index contributed by atoms with van der Waals surface area (Å²) in [6, 6.07) is 10.4. The van der Waals surface area contributed by atoms with Gasteiger partial charge in [0.1, 0.15) is 5.56 Å². The molecule has 0 aliphatic carbocycles. The molecule has 2 aromatic carbocycles. The number of aliphatic carboxylic acids is 1. The molecule has 130 valence electrons. The summed E-state index contributed by atoms with van der Waals surface area (Å²) in [4.78, 5) is 22.9. The Labute approximate surface area is 144 Å². The summed E-state index contributed by atoms with van der Waals surface area (Å²) >= 11 is 0. The standard InChI is InChI=1S/C18H17NO6/c1-23-13-8-7-12-15(16(13)24-2)18(22)25-17(12)19-11-5-3-10(4-6-11)9-14(20)21/h3-8,17,19H,9H2,1-2H3,(H,20,21)/t17-/m0/s1. The molecule has 0 spiro atoms. The number of carboxylic acid groups (broad SMARTS) is 1. The number of cyclic esters (lactones) is 1. The molecule has 1 aliphatic rings. The van der Waals surface area contributed by atoms with Gasteiger partial charge >= 0.3 is 11.9 Å². The molecule has 7 heteroatoms. The molecule has 0 unspecified atom stereocenters. The van der Waals surface area contributed by atoms with Crippen LogP contribution in [0.15, 0.2) is 36.4 Å². The zero-order chi connectivity index (χ0) is 18.0. The molecule has 0 saturated carbocycles. The average molecular weight is 343 g/mol. The first-order valence-electron chi connectivity index (χ1n) is 7.56. The summed E-state index contributed by atoms with van der Waals surface area (Å²) in [5, 5.41) is 11.9. The number of hydrogen-bond donors (Lipinski definition) is 2. The predicted molar refractivity (Wildman–Crippen MR) is 89.1 cm³/mol. The number of carbonyl (C=O) groups is 2. The van der Waals surface area contributed by atoms with Crippen LogP contribution in [0.1, 0.15) is 27.7 Å². The van der Waals surface area contributed by atoms with Crippen molar-refractivity contribution in [2.24, 2.45) is 0 Å². The lowest BCUT2D eigenvalue weighted by Gasteiger charge is -2.15. The van der Waals surface area contributed by atoms with Crippen LogP contribution in [0.5, 0.6) is 11.5 Å². The second kappa shape index (κ2) is 6.72. The summed E-state index contributed by atoms with van der Waals surface area (Å²) in [6.45, 7) is 0. The molecule has 3 rings (SSSR count). The smallest absolute Gasteiger partial charge is 0.344 e. The van der Waals surface area contributed by atoms with Gasteiger partial charge < -0.3 is 24.6 Å². The minimum Gasteiger partial charge on any atom is -0.493 e. The van der Waals surface area contributed by atoms with Crippen molar-refractivity contribution in [3.8, 4) is 11.5 Å². The van der Waals surface area contributed by atoms with E-state index >= 15 is 0 Å². The number of nitrogens with one attached hydrogen (secondary N) is 1. The lowest BCUT2D eigenvalue weighted by Crippen LogP contribution is -2.10. The third kappa shape index (κ3) is 3.21. The van der Waals surface area contributed by atoms with Gasteiger partial charge in [-0.3, -0.25) is 4.79 Å². The van der Waals surface area contributed by atoms with E-state index < -0.39 is 18.2 Å². The molecule has 0 aromatic heterocycles. The molecule has 25 heavy (non-hydrogen) atoms. The number of methoxy groups -OCH3 is 2. The second-order valence-corrected chi connectivity index (χ2v) is 5.46. The number of anilines is 1. The third-order valence-electron chi connectivity index (χ3n) is 3.90. The van der Waals surface area contributed by atoms with E-state index in [2.05, 4.69) is 5.32 Å². The van der Waals surface area contributed by atoms with Crippen LogP contribution in [0.3, 0.4) is 0 Å². The Hall–Kier alpha value is -3.22. The highest BCUT2D eigenvalue weighted by molar-refractivity contribution is 5.98. The van der Waals surface area contributed by atoms with Crippen molar-refractivity contribution >= 4 is 17.6 Å². The quantitative estimate of drug-likeness (QED) is 0.779. The van der Waals surface area contributed by atoms with Gasteiger partial charge in [-0.25, -0.2) is 4.79 Å². The third-order valence-corrected chi connectivity index (χ3v) is 3.90. The van der Waals surface area contributed by atoms with Gasteiger partial charge in [-0.15, -0.1) is 0 Å². The van der Waals surface area contributed by atoms with Crippen molar-refractivity contribution in [1.29, 1.82) is 0 Å². The average Bonchev–Trinajstić information content (AvgIpc) is 2.91. The molecule has 1 aliphatic heterocycles. The van der Waals surface area contributed by atoms with E-state index in [9.17, 15) is 9.59 Å². The molecule has 2 aromatic rings. The molecule has 0 fully saturated rings. The van der Waals surface area contributed by atoms with Crippen LogP contribution in [0.25, 0.3) is 0 Å². The Bertz CT molecular complexity index is 815. The van der Waals surface area contributed by atoms with E-state index in [-0.39, 0.29) is 6.42 Å². The minimum atomic E-state index is -0.889. The van der Waals surface area contributed by atoms with Gasteiger partial charge in [-0.05, 0) is 29.8 Å². The number of hydrogen-bond acceptors (Lipinski definition) is 6. The first-order chi connectivity index (χ1) is 12.0. The SMILES string of the molecule is COc1ccc2c(c1OC)C(=O)O[C@@H]2Nc1ccc(CC(=O)O)cc1. The monoisotopic (exact) mass is 343 g/mol. The van der Waals surface area contributed by atoms with E-state index in [0.717, 1.165) is 0 Å². The Morgan fingerprint density at radius 1 is 1.16 bits per heavy atom. The van der Waals surface area contributed by atoms with Gasteiger partial charge in [0.2, 0.25) is 6.23 Å². The Morgan fingerprint density at radius 3 is 2.48 bits per heavy atom. The summed E-state index contributed by atoms with van der Waals surface area (Å²) < 4.78 is 15.9. The number of esters is 1. The topological polar surface area (TPSA) is 94.1 Å². The molecule has 1 heterocycles. The Kier molecular flexibility index (Phi) is 4.47. The summed E-state index contributed by atoms with van der Waals surface area (Å²) in [7, 11) is 2.96. The van der Waals surface area contributed by atoms with Crippen LogP contribution in [0.4, 0.5) is 5.69 Å². The number of fused-ring (bicyclic) bond motifs is 1. The lowest BCUT2D eigenvalue weighted by atomic mass is 10.1. The van der Waals surface area contributed by atoms with Gasteiger partial charge in [-0.1, -0.05) is 12.1 Å². The molecule has 7 nitrogen and oxygen atoms in total. The predicted octanol–water partition coefficient (Wildman–Crippen LogP) is 2.61. The van der Waals surface area contributed by atoms with Gasteiger partial charge in [0.05, 0.1) is 20.6 Å². The lowest BCUT2D eigenvalue weighted by molar-refractivity contribution is -0.136. The molecule has 2 N–H and O–H groups in total. The van der Waals surface area contributed by atoms with Crippen LogP contribution in [0.2, 0.25) is 0 Å². The highest BCUT2D eigenvalue weighted by atomic mass is 16.6. The minimum absolute atomic E-state index is 0.0431. The summed E-state index contributed by atoms with van der Waals surface area (Å²) in [6.07, 6.45) is -0.703. The fourth-order valence-electron chi connectivity index (χ4n) is 2.75. The van der Waals surface area contributed by atoms with Crippen LogP contribution >= 0.6 is 0 Å². The molecular weight excluding hydrogens is 326 g/mol. The maximum atomic E-state index is 12.2. The normalized spacial score (nSPS) is 15.3. The van der Waals surface area contributed by atoms with Crippen molar-refractivity contribution in [2.45, 2.75) is 12.6 Å². The maximum Gasteiger partial charge on any atom is 0.344 e. The van der Waals surface area contributed by atoms with Crippen molar-refractivity contribution < 1.29 is 28.9 Å². The maximum absolute atomic E-state index is 12.2. The summed E-state index contributed by atoms with van der Waals surface area (Å²) in [5.74, 6) is -0.589. The fourth-order valence-corrected chi connectivity index (χ4v) is 2.75. The first kappa shape index (κ1) is 16.6.